The molecule has 0 bridgehead atoms. The monoisotopic (exact) mass is 223 g/mol. The second kappa shape index (κ2) is 6.58. The number of carbonyl (C=O) groups is 1. The van der Waals surface area contributed by atoms with Crippen LogP contribution in [-0.2, 0) is 4.79 Å². The lowest BCUT2D eigenvalue weighted by Crippen LogP contribution is -2.36. The third-order valence-electron chi connectivity index (χ3n) is 3.08. The van der Waals surface area contributed by atoms with Crippen LogP contribution < -0.4 is 5.32 Å². The Labute approximate surface area is 100 Å². The summed E-state index contributed by atoms with van der Waals surface area (Å²) in [5.74, 6) is 3.04. The van der Waals surface area contributed by atoms with Gasteiger partial charge in [-0.2, -0.15) is 0 Å². The molecule has 2 unspecified atom stereocenters. The van der Waals surface area contributed by atoms with Gasteiger partial charge in [-0.1, -0.05) is 47.0 Å². The van der Waals surface area contributed by atoms with Gasteiger partial charge in [-0.15, -0.1) is 6.42 Å². The van der Waals surface area contributed by atoms with Crippen LogP contribution in [0.2, 0.25) is 0 Å². The van der Waals surface area contributed by atoms with Gasteiger partial charge in [-0.05, 0) is 17.8 Å². The van der Waals surface area contributed by atoms with E-state index in [1.54, 1.807) is 0 Å². The molecule has 2 nitrogen and oxygen atoms in total. The number of terminal acetylenes is 1. The highest BCUT2D eigenvalue weighted by Gasteiger charge is 2.23. The topological polar surface area (TPSA) is 29.1 Å². The van der Waals surface area contributed by atoms with Crippen LogP contribution in [0, 0.1) is 23.7 Å². The fraction of sp³-hybridized carbons (Fsp3) is 0.786. The first-order valence-electron chi connectivity index (χ1n) is 6.06. The SMILES string of the molecule is C#CC(CCC)NC(=O)CC(C)C(C)(C)C. The Bertz CT molecular complexity index is 257. The zero-order valence-corrected chi connectivity index (χ0v) is 11.3. The maximum absolute atomic E-state index is 11.7. The lowest BCUT2D eigenvalue weighted by atomic mass is 9.80. The van der Waals surface area contributed by atoms with E-state index in [1.807, 2.05) is 0 Å². The van der Waals surface area contributed by atoms with E-state index in [9.17, 15) is 4.79 Å². The van der Waals surface area contributed by atoms with Crippen molar-refractivity contribution in [1.29, 1.82) is 0 Å². The van der Waals surface area contributed by atoms with Crippen LogP contribution in [-0.4, -0.2) is 11.9 Å². The maximum atomic E-state index is 11.7. The Hall–Kier alpha value is -0.970. The van der Waals surface area contributed by atoms with Crippen LogP contribution in [0.15, 0.2) is 0 Å². The molecule has 0 saturated carbocycles. The molecule has 0 aliphatic carbocycles. The largest absolute Gasteiger partial charge is 0.342 e. The molecule has 0 aromatic rings. The molecular formula is C14H25NO. The normalized spacial score (nSPS) is 15.0. The van der Waals surface area contributed by atoms with Gasteiger partial charge in [-0.3, -0.25) is 4.79 Å². The summed E-state index contributed by atoms with van der Waals surface area (Å²) in [6.07, 6.45) is 7.75. The summed E-state index contributed by atoms with van der Waals surface area (Å²) in [6.45, 7) is 10.6. The van der Waals surface area contributed by atoms with Crippen molar-refractivity contribution in [2.45, 2.75) is 59.9 Å². The zero-order chi connectivity index (χ0) is 12.8. The molecule has 0 spiro atoms. The molecule has 0 radical (unpaired) electrons. The van der Waals surface area contributed by atoms with Crippen molar-refractivity contribution in [1.82, 2.24) is 5.32 Å². The van der Waals surface area contributed by atoms with Crippen LogP contribution in [0.25, 0.3) is 0 Å². The number of hydrogen-bond acceptors (Lipinski definition) is 1. The molecule has 0 rings (SSSR count). The van der Waals surface area contributed by atoms with Gasteiger partial charge in [0.2, 0.25) is 5.91 Å². The summed E-state index contributed by atoms with van der Waals surface area (Å²) in [6, 6.07) is -0.107. The van der Waals surface area contributed by atoms with E-state index in [4.69, 9.17) is 6.42 Å². The van der Waals surface area contributed by atoms with Crippen LogP contribution in [0.4, 0.5) is 0 Å². The fourth-order valence-electron chi connectivity index (χ4n) is 1.32. The average molecular weight is 223 g/mol. The minimum atomic E-state index is -0.107. The Kier molecular flexibility index (Phi) is 6.18. The van der Waals surface area contributed by atoms with E-state index in [0.29, 0.717) is 12.3 Å². The number of hydrogen-bond donors (Lipinski definition) is 1. The first-order chi connectivity index (χ1) is 7.31. The van der Waals surface area contributed by atoms with E-state index < -0.39 is 0 Å². The minimum absolute atomic E-state index is 0.0684. The van der Waals surface area contributed by atoms with Gasteiger partial charge < -0.3 is 5.32 Å². The molecule has 16 heavy (non-hydrogen) atoms. The summed E-state index contributed by atoms with van der Waals surface area (Å²) < 4.78 is 0. The van der Waals surface area contributed by atoms with Crippen molar-refractivity contribution in [2.75, 3.05) is 0 Å². The molecule has 0 aliphatic heterocycles. The predicted molar refractivity (Wildman–Crippen MR) is 68.9 cm³/mol. The second-order valence-electron chi connectivity index (χ2n) is 5.55. The van der Waals surface area contributed by atoms with Crippen molar-refractivity contribution >= 4 is 5.91 Å². The van der Waals surface area contributed by atoms with E-state index in [1.165, 1.54) is 0 Å². The number of rotatable bonds is 5. The van der Waals surface area contributed by atoms with Crippen molar-refractivity contribution < 1.29 is 4.79 Å². The third kappa shape index (κ3) is 5.80. The van der Waals surface area contributed by atoms with Crippen LogP contribution in [0.3, 0.4) is 0 Å². The van der Waals surface area contributed by atoms with Gasteiger partial charge in [0.15, 0.2) is 0 Å². The van der Waals surface area contributed by atoms with Crippen molar-refractivity contribution in [3.05, 3.63) is 0 Å². The Balaban J connectivity index is 4.13. The van der Waals surface area contributed by atoms with E-state index in [-0.39, 0.29) is 17.4 Å². The predicted octanol–water partition coefficient (Wildman–Crippen LogP) is 2.98. The highest BCUT2D eigenvalue weighted by Crippen LogP contribution is 2.27. The molecule has 0 aromatic carbocycles. The van der Waals surface area contributed by atoms with Gasteiger partial charge >= 0.3 is 0 Å². The molecule has 0 aliphatic rings. The summed E-state index contributed by atoms with van der Waals surface area (Å²) in [7, 11) is 0. The Morgan fingerprint density at radius 1 is 1.44 bits per heavy atom. The standard InChI is InChI=1S/C14H25NO/c1-7-9-12(8-2)15-13(16)10-11(3)14(4,5)6/h2,11-12H,7,9-10H2,1,3-6H3,(H,15,16). The van der Waals surface area contributed by atoms with Gasteiger partial charge in [0, 0.05) is 6.42 Å². The molecule has 92 valence electrons. The Morgan fingerprint density at radius 2 is 2.00 bits per heavy atom. The summed E-state index contributed by atoms with van der Waals surface area (Å²) in [5, 5.41) is 2.90. The first-order valence-corrected chi connectivity index (χ1v) is 6.06. The van der Waals surface area contributed by atoms with Gasteiger partial charge in [0.25, 0.3) is 0 Å². The molecule has 0 saturated heterocycles. The molecular weight excluding hydrogens is 198 g/mol. The molecule has 1 N–H and O–H groups in total. The maximum Gasteiger partial charge on any atom is 0.221 e. The Morgan fingerprint density at radius 3 is 2.38 bits per heavy atom. The fourth-order valence-corrected chi connectivity index (χ4v) is 1.32. The van der Waals surface area contributed by atoms with Crippen molar-refractivity contribution in [3.63, 3.8) is 0 Å². The molecule has 2 atom stereocenters. The smallest absolute Gasteiger partial charge is 0.221 e. The molecule has 0 aromatic heterocycles. The lowest BCUT2D eigenvalue weighted by molar-refractivity contribution is -0.123. The number of carbonyl (C=O) groups excluding carboxylic acids is 1. The van der Waals surface area contributed by atoms with Gasteiger partial charge in [0.1, 0.15) is 0 Å². The van der Waals surface area contributed by atoms with Crippen molar-refractivity contribution in [2.24, 2.45) is 11.3 Å². The molecule has 0 fully saturated rings. The molecule has 1 amide bonds. The van der Waals surface area contributed by atoms with E-state index in [2.05, 4.69) is 45.9 Å². The second-order valence-corrected chi connectivity index (χ2v) is 5.55. The van der Waals surface area contributed by atoms with Crippen LogP contribution in [0.5, 0.6) is 0 Å². The quantitative estimate of drug-likeness (QED) is 0.713. The summed E-state index contributed by atoms with van der Waals surface area (Å²) in [5.41, 5.74) is 0.160. The lowest BCUT2D eigenvalue weighted by Gasteiger charge is -2.27. The highest BCUT2D eigenvalue weighted by molar-refractivity contribution is 5.76. The summed E-state index contributed by atoms with van der Waals surface area (Å²) in [4.78, 5) is 11.7. The number of nitrogens with one attached hydrogen (secondary N) is 1. The number of amides is 1. The van der Waals surface area contributed by atoms with Crippen molar-refractivity contribution in [3.8, 4) is 12.3 Å². The van der Waals surface area contributed by atoms with Gasteiger partial charge in [0.05, 0.1) is 6.04 Å². The van der Waals surface area contributed by atoms with E-state index in [0.717, 1.165) is 12.8 Å². The molecule has 2 heteroatoms. The van der Waals surface area contributed by atoms with E-state index >= 15 is 0 Å². The van der Waals surface area contributed by atoms with Gasteiger partial charge in [-0.25, -0.2) is 0 Å². The zero-order valence-electron chi connectivity index (χ0n) is 11.3. The van der Waals surface area contributed by atoms with Crippen LogP contribution >= 0.6 is 0 Å². The third-order valence-corrected chi connectivity index (χ3v) is 3.08. The first kappa shape index (κ1) is 15.0. The van der Waals surface area contributed by atoms with Crippen LogP contribution in [0.1, 0.15) is 53.9 Å². The minimum Gasteiger partial charge on any atom is -0.342 e. The average Bonchev–Trinajstić information content (AvgIpc) is 2.15. The molecule has 0 heterocycles. The highest BCUT2D eigenvalue weighted by atomic mass is 16.1. The summed E-state index contributed by atoms with van der Waals surface area (Å²) >= 11 is 0.